The third-order valence-electron chi connectivity index (χ3n) is 1.82. The van der Waals surface area contributed by atoms with Crippen molar-refractivity contribution in [3.63, 3.8) is 0 Å². The molecule has 1 aromatic rings. The normalized spacial score (nSPS) is 11.9. The molecule has 1 atom stereocenters. The first-order valence-electron chi connectivity index (χ1n) is 4.26. The number of primary amides is 1. The number of amides is 1. The highest BCUT2D eigenvalue weighted by molar-refractivity contribution is 5.83. The van der Waals surface area contributed by atoms with Crippen molar-refractivity contribution < 1.29 is 9.53 Å². The molecule has 0 aliphatic heterocycles. The van der Waals surface area contributed by atoms with Crippen LogP contribution in [0.2, 0.25) is 0 Å². The van der Waals surface area contributed by atoms with E-state index in [1.165, 1.54) is 13.4 Å². The van der Waals surface area contributed by atoms with Crippen molar-refractivity contribution in [1.82, 2.24) is 9.97 Å². The molecule has 0 aliphatic rings. The van der Waals surface area contributed by atoms with Crippen molar-refractivity contribution in [2.75, 3.05) is 18.2 Å². The lowest BCUT2D eigenvalue weighted by molar-refractivity contribution is -0.118. The van der Waals surface area contributed by atoms with E-state index in [9.17, 15) is 4.79 Å². The van der Waals surface area contributed by atoms with Crippen molar-refractivity contribution in [2.45, 2.75) is 13.0 Å². The van der Waals surface area contributed by atoms with Gasteiger partial charge in [0.2, 0.25) is 11.8 Å². The van der Waals surface area contributed by atoms with Gasteiger partial charge in [-0.25, -0.2) is 4.98 Å². The van der Waals surface area contributed by atoms with E-state index in [0.29, 0.717) is 5.82 Å². The molecule has 1 amide bonds. The minimum atomic E-state index is -0.563. The molecule has 1 aromatic heterocycles. The molecular weight excluding hydrogens is 198 g/mol. The molecule has 82 valence electrons. The first kappa shape index (κ1) is 11.0. The molecule has 0 spiro atoms. The molecule has 1 unspecified atom stereocenters. The Morgan fingerprint density at radius 1 is 1.60 bits per heavy atom. The molecule has 5 N–H and O–H groups in total. The van der Waals surface area contributed by atoms with Crippen molar-refractivity contribution in [3.8, 4) is 5.88 Å². The van der Waals surface area contributed by atoms with Crippen molar-refractivity contribution in [2.24, 2.45) is 5.73 Å². The van der Waals surface area contributed by atoms with Crippen LogP contribution in [0, 0.1) is 0 Å². The number of nitrogens with one attached hydrogen (secondary N) is 1. The fraction of sp³-hybridized carbons (Fsp3) is 0.375. The Morgan fingerprint density at radius 2 is 2.27 bits per heavy atom. The van der Waals surface area contributed by atoms with Crippen LogP contribution >= 0.6 is 0 Å². The van der Waals surface area contributed by atoms with Gasteiger partial charge in [0.15, 0.2) is 5.82 Å². The quantitative estimate of drug-likeness (QED) is 0.609. The predicted molar refractivity (Wildman–Crippen MR) is 55.3 cm³/mol. The number of anilines is 2. The van der Waals surface area contributed by atoms with E-state index < -0.39 is 11.9 Å². The highest BCUT2D eigenvalue weighted by Gasteiger charge is 2.13. The lowest BCUT2D eigenvalue weighted by atomic mass is 10.3. The van der Waals surface area contributed by atoms with Gasteiger partial charge in [-0.15, -0.1) is 0 Å². The topological polar surface area (TPSA) is 116 Å². The maximum atomic E-state index is 10.8. The standard InChI is InChI=1S/C8H13N5O2/c1-4(6(10)14)13-7-5(9)8(15-2)12-3-11-7/h3-4H,9H2,1-2H3,(H2,10,14)(H,11,12,13). The summed E-state index contributed by atoms with van der Waals surface area (Å²) in [7, 11) is 1.44. The zero-order valence-corrected chi connectivity index (χ0v) is 8.52. The number of ether oxygens (including phenoxy) is 1. The van der Waals surface area contributed by atoms with E-state index in [-0.39, 0.29) is 11.6 Å². The van der Waals surface area contributed by atoms with Crippen LogP contribution in [-0.2, 0) is 4.79 Å². The summed E-state index contributed by atoms with van der Waals surface area (Å²) in [5, 5.41) is 2.75. The van der Waals surface area contributed by atoms with Crippen LogP contribution in [0.15, 0.2) is 6.33 Å². The number of hydrogen-bond donors (Lipinski definition) is 3. The van der Waals surface area contributed by atoms with Crippen LogP contribution in [0.5, 0.6) is 5.88 Å². The number of nitrogen functional groups attached to an aromatic ring is 1. The van der Waals surface area contributed by atoms with Gasteiger partial charge in [-0.1, -0.05) is 0 Å². The molecule has 1 rings (SSSR count). The number of nitrogens with two attached hydrogens (primary N) is 2. The summed E-state index contributed by atoms with van der Waals surface area (Å²) >= 11 is 0. The molecule has 7 nitrogen and oxygen atoms in total. The number of carbonyl (C=O) groups is 1. The second-order valence-corrected chi connectivity index (χ2v) is 2.91. The first-order valence-corrected chi connectivity index (χ1v) is 4.26. The smallest absolute Gasteiger partial charge is 0.242 e. The van der Waals surface area contributed by atoms with E-state index in [0.717, 1.165) is 0 Å². The summed E-state index contributed by atoms with van der Waals surface area (Å²) in [5.41, 5.74) is 11.0. The number of methoxy groups -OCH3 is 1. The molecule has 7 heteroatoms. The van der Waals surface area contributed by atoms with E-state index >= 15 is 0 Å². The lowest BCUT2D eigenvalue weighted by Crippen LogP contribution is -2.33. The molecule has 15 heavy (non-hydrogen) atoms. The Morgan fingerprint density at radius 3 is 2.80 bits per heavy atom. The van der Waals surface area contributed by atoms with E-state index in [1.807, 2.05) is 0 Å². The van der Waals surface area contributed by atoms with E-state index in [1.54, 1.807) is 6.92 Å². The zero-order chi connectivity index (χ0) is 11.4. The Labute approximate surface area is 86.8 Å². The van der Waals surface area contributed by atoms with Gasteiger partial charge in [0.1, 0.15) is 18.1 Å². The van der Waals surface area contributed by atoms with Crippen LogP contribution < -0.4 is 21.5 Å². The maximum Gasteiger partial charge on any atom is 0.242 e. The molecule has 0 saturated carbocycles. The molecular formula is C8H13N5O2. The summed E-state index contributed by atoms with van der Waals surface area (Å²) in [6.07, 6.45) is 1.28. The third kappa shape index (κ3) is 2.46. The van der Waals surface area contributed by atoms with Gasteiger partial charge in [0.25, 0.3) is 0 Å². The Balaban J connectivity index is 2.90. The zero-order valence-electron chi connectivity index (χ0n) is 8.52. The molecule has 0 bridgehead atoms. The van der Waals surface area contributed by atoms with E-state index in [2.05, 4.69) is 15.3 Å². The van der Waals surface area contributed by atoms with Crippen LogP contribution in [0.25, 0.3) is 0 Å². The van der Waals surface area contributed by atoms with E-state index in [4.69, 9.17) is 16.2 Å². The molecule has 0 aromatic carbocycles. The molecule has 0 saturated heterocycles. The number of rotatable bonds is 4. The van der Waals surface area contributed by atoms with Gasteiger partial charge in [0, 0.05) is 0 Å². The first-order chi connectivity index (χ1) is 7.06. The number of hydrogen-bond acceptors (Lipinski definition) is 6. The van der Waals surface area contributed by atoms with Crippen LogP contribution in [0.3, 0.4) is 0 Å². The summed E-state index contributed by atoms with van der Waals surface area (Å²) in [6, 6.07) is -0.563. The Hall–Kier alpha value is -2.05. The summed E-state index contributed by atoms with van der Waals surface area (Å²) in [5.74, 6) is 0.0873. The minimum absolute atomic E-state index is 0.244. The van der Waals surface area contributed by atoms with Crippen molar-refractivity contribution >= 4 is 17.4 Å². The second-order valence-electron chi connectivity index (χ2n) is 2.91. The van der Waals surface area contributed by atoms with Crippen LogP contribution in [0.4, 0.5) is 11.5 Å². The minimum Gasteiger partial charge on any atom is -0.479 e. The summed E-state index contributed by atoms with van der Waals surface area (Å²) in [4.78, 5) is 18.5. The second kappa shape index (κ2) is 4.45. The van der Waals surface area contributed by atoms with Crippen LogP contribution in [-0.4, -0.2) is 29.0 Å². The van der Waals surface area contributed by atoms with Gasteiger partial charge in [-0.3, -0.25) is 4.79 Å². The lowest BCUT2D eigenvalue weighted by Gasteiger charge is -2.13. The van der Waals surface area contributed by atoms with Gasteiger partial charge < -0.3 is 21.5 Å². The average Bonchev–Trinajstić information content (AvgIpc) is 2.21. The monoisotopic (exact) mass is 211 g/mol. The summed E-state index contributed by atoms with van der Waals surface area (Å²) in [6.45, 7) is 1.61. The molecule has 1 heterocycles. The Bertz CT molecular complexity index is 368. The van der Waals surface area contributed by atoms with Crippen molar-refractivity contribution in [3.05, 3.63) is 6.33 Å². The van der Waals surface area contributed by atoms with Gasteiger partial charge in [-0.05, 0) is 6.92 Å². The van der Waals surface area contributed by atoms with Gasteiger partial charge in [0.05, 0.1) is 7.11 Å². The van der Waals surface area contributed by atoms with Gasteiger partial charge in [-0.2, -0.15) is 4.98 Å². The number of nitrogens with zero attached hydrogens (tertiary/aromatic N) is 2. The predicted octanol–water partition coefficient (Wildman–Crippen LogP) is -0.647. The fourth-order valence-corrected chi connectivity index (χ4v) is 0.933. The maximum absolute atomic E-state index is 10.8. The van der Waals surface area contributed by atoms with Crippen molar-refractivity contribution in [1.29, 1.82) is 0 Å². The Kier molecular flexibility index (Phi) is 3.27. The summed E-state index contributed by atoms with van der Waals surface area (Å²) < 4.78 is 4.90. The largest absolute Gasteiger partial charge is 0.479 e. The average molecular weight is 211 g/mol. The third-order valence-corrected chi connectivity index (χ3v) is 1.82. The SMILES string of the molecule is COc1ncnc(NC(C)C(N)=O)c1N. The van der Waals surface area contributed by atoms with Crippen LogP contribution in [0.1, 0.15) is 6.92 Å². The molecule has 0 aliphatic carbocycles. The highest BCUT2D eigenvalue weighted by atomic mass is 16.5. The fourth-order valence-electron chi connectivity index (χ4n) is 0.933. The highest BCUT2D eigenvalue weighted by Crippen LogP contribution is 2.24. The number of aromatic nitrogens is 2. The number of carbonyl (C=O) groups excluding carboxylic acids is 1. The molecule has 0 fully saturated rings. The molecule has 0 radical (unpaired) electrons. The van der Waals surface area contributed by atoms with Gasteiger partial charge >= 0.3 is 0 Å².